The highest BCUT2D eigenvalue weighted by Gasteiger charge is 2.39. The normalized spacial score (nSPS) is 11.4. The van der Waals surface area contributed by atoms with Gasteiger partial charge in [-0.2, -0.15) is 5.10 Å². The van der Waals surface area contributed by atoms with Gasteiger partial charge in [-0.25, -0.2) is 5.43 Å². The zero-order valence-electron chi connectivity index (χ0n) is 17.2. The predicted molar refractivity (Wildman–Crippen MR) is 123 cm³/mol. The van der Waals surface area contributed by atoms with Crippen molar-refractivity contribution in [2.75, 3.05) is 13.7 Å². The van der Waals surface area contributed by atoms with Crippen LogP contribution in [0.15, 0.2) is 82.4 Å². The molecule has 6 nitrogen and oxygen atoms in total. The minimum Gasteiger partial charge on any atom is -0.493 e. The molecular formula is C24H23BrN2O4. The average molecular weight is 483 g/mol. The second-order valence-electron chi connectivity index (χ2n) is 6.60. The Kier molecular flexibility index (Phi) is 7.44. The lowest BCUT2D eigenvalue weighted by molar-refractivity contribution is -0.136. The molecule has 0 aliphatic heterocycles. The summed E-state index contributed by atoms with van der Waals surface area (Å²) in [4.78, 5) is 13.1. The van der Waals surface area contributed by atoms with Gasteiger partial charge in [0.25, 0.3) is 5.91 Å². The molecule has 1 amide bonds. The number of hydrazone groups is 1. The van der Waals surface area contributed by atoms with E-state index in [0.717, 1.165) is 0 Å². The summed E-state index contributed by atoms with van der Waals surface area (Å²) >= 11 is 3.46. The number of ether oxygens (including phenoxy) is 2. The van der Waals surface area contributed by atoms with E-state index in [1.54, 1.807) is 67.8 Å². The van der Waals surface area contributed by atoms with Crippen LogP contribution in [-0.4, -0.2) is 30.9 Å². The van der Waals surface area contributed by atoms with E-state index < -0.39 is 11.5 Å². The summed E-state index contributed by atoms with van der Waals surface area (Å²) in [6.07, 6.45) is 1.47. The van der Waals surface area contributed by atoms with Gasteiger partial charge in [0.05, 0.1) is 19.9 Å². The highest BCUT2D eigenvalue weighted by molar-refractivity contribution is 9.10. The number of hydrogen-bond acceptors (Lipinski definition) is 5. The van der Waals surface area contributed by atoms with Crippen LogP contribution in [0.25, 0.3) is 0 Å². The third kappa shape index (κ3) is 4.95. The maximum absolute atomic E-state index is 13.1. The average Bonchev–Trinajstić information content (AvgIpc) is 2.81. The molecule has 0 spiro atoms. The number of nitrogens with zero attached hydrogens (tertiary/aromatic N) is 1. The number of hydrogen-bond donors (Lipinski definition) is 2. The second-order valence-corrected chi connectivity index (χ2v) is 7.45. The summed E-state index contributed by atoms with van der Waals surface area (Å²) in [6, 6.07) is 21.0. The number of amides is 1. The van der Waals surface area contributed by atoms with Crippen LogP contribution >= 0.6 is 15.9 Å². The van der Waals surface area contributed by atoms with Crippen molar-refractivity contribution in [3.63, 3.8) is 0 Å². The molecule has 0 saturated heterocycles. The Morgan fingerprint density at radius 1 is 1.06 bits per heavy atom. The molecule has 0 radical (unpaired) electrons. The lowest BCUT2D eigenvalue weighted by Gasteiger charge is -2.27. The maximum Gasteiger partial charge on any atom is 0.281 e. The third-order valence-corrected chi connectivity index (χ3v) is 5.35. The zero-order chi connectivity index (χ0) is 22.3. The molecule has 0 fully saturated rings. The molecule has 3 aromatic rings. The Labute approximate surface area is 189 Å². The Morgan fingerprint density at radius 3 is 2.16 bits per heavy atom. The minimum absolute atomic E-state index is 0.443. The summed E-state index contributed by atoms with van der Waals surface area (Å²) in [5.41, 5.74) is 2.13. The first kappa shape index (κ1) is 22.5. The molecule has 0 atom stereocenters. The number of benzene rings is 3. The fraction of sp³-hybridized carbons (Fsp3) is 0.167. The SMILES string of the molecule is CCOc1cc(/C=N\NC(=O)C(O)(c2ccccc2)c2ccccc2)c(Br)cc1OC. The van der Waals surface area contributed by atoms with E-state index in [9.17, 15) is 9.90 Å². The number of carbonyl (C=O) groups excluding carboxylic acids is 1. The molecule has 31 heavy (non-hydrogen) atoms. The van der Waals surface area contributed by atoms with Gasteiger partial charge in [-0.1, -0.05) is 60.7 Å². The molecule has 2 N–H and O–H groups in total. The van der Waals surface area contributed by atoms with Crippen LogP contribution in [0.2, 0.25) is 0 Å². The van der Waals surface area contributed by atoms with Crippen LogP contribution in [0.3, 0.4) is 0 Å². The summed E-state index contributed by atoms with van der Waals surface area (Å²) < 4.78 is 11.6. The zero-order valence-corrected chi connectivity index (χ0v) is 18.8. The van der Waals surface area contributed by atoms with E-state index in [0.29, 0.717) is 39.3 Å². The van der Waals surface area contributed by atoms with Crippen LogP contribution in [0.1, 0.15) is 23.6 Å². The fourth-order valence-corrected chi connectivity index (χ4v) is 3.53. The fourth-order valence-electron chi connectivity index (χ4n) is 3.11. The van der Waals surface area contributed by atoms with Gasteiger partial charge < -0.3 is 14.6 Å². The van der Waals surface area contributed by atoms with Crippen molar-refractivity contribution in [2.24, 2.45) is 5.10 Å². The quantitative estimate of drug-likeness (QED) is 0.371. The summed E-state index contributed by atoms with van der Waals surface area (Å²) in [5, 5.41) is 15.5. The Hall–Kier alpha value is -3.16. The summed E-state index contributed by atoms with van der Waals surface area (Å²) in [6.45, 7) is 2.36. The van der Waals surface area contributed by atoms with E-state index in [1.807, 2.05) is 19.1 Å². The predicted octanol–water partition coefficient (Wildman–Crippen LogP) is 4.24. The third-order valence-electron chi connectivity index (χ3n) is 4.66. The van der Waals surface area contributed by atoms with E-state index >= 15 is 0 Å². The molecule has 160 valence electrons. The molecule has 0 bridgehead atoms. The van der Waals surface area contributed by atoms with Gasteiger partial charge in [0.15, 0.2) is 17.1 Å². The topological polar surface area (TPSA) is 80.2 Å². The van der Waals surface area contributed by atoms with Crippen LogP contribution in [0, 0.1) is 0 Å². The Balaban J connectivity index is 1.89. The van der Waals surface area contributed by atoms with Crippen molar-refractivity contribution in [3.05, 3.63) is 94.0 Å². The number of rotatable bonds is 8. The molecule has 0 aromatic heterocycles. The van der Waals surface area contributed by atoms with Gasteiger partial charge in [0.2, 0.25) is 0 Å². The molecule has 0 unspecified atom stereocenters. The monoisotopic (exact) mass is 482 g/mol. The minimum atomic E-state index is -1.90. The van der Waals surface area contributed by atoms with Crippen molar-refractivity contribution < 1.29 is 19.4 Å². The first-order valence-electron chi connectivity index (χ1n) is 9.68. The lowest BCUT2D eigenvalue weighted by Crippen LogP contribution is -2.43. The molecular weight excluding hydrogens is 460 g/mol. The van der Waals surface area contributed by atoms with Crippen LogP contribution in [0.4, 0.5) is 0 Å². The number of aliphatic hydroxyl groups is 1. The number of nitrogens with one attached hydrogen (secondary N) is 1. The van der Waals surface area contributed by atoms with Gasteiger partial charge in [-0.05, 0) is 46.1 Å². The Morgan fingerprint density at radius 2 is 1.65 bits per heavy atom. The van der Waals surface area contributed by atoms with Gasteiger partial charge in [-0.15, -0.1) is 0 Å². The smallest absolute Gasteiger partial charge is 0.281 e. The molecule has 7 heteroatoms. The molecule has 3 rings (SSSR count). The van der Waals surface area contributed by atoms with Gasteiger partial charge in [0, 0.05) is 10.0 Å². The van der Waals surface area contributed by atoms with Gasteiger partial charge in [-0.3, -0.25) is 4.79 Å². The van der Waals surface area contributed by atoms with E-state index in [1.165, 1.54) is 6.21 Å². The molecule has 0 heterocycles. The standard InChI is InChI=1S/C24H23BrN2O4/c1-3-31-22-14-17(20(25)15-21(22)30-2)16-26-27-23(28)24(29,18-10-6-4-7-11-18)19-12-8-5-9-13-19/h4-16,29H,3H2,1-2H3,(H,27,28)/b26-16-. The number of methoxy groups -OCH3 is 1. The second kappa shape index (κ2) is 10.2. The van der Waals surface area contributed by atoms with Crippen molar-refractivity contribution >= 4 is 28.1 Å². The van der Waals surface area contributed by atoms with Crippen LogP contribution in [0.5, 0.6) is 11.5 Å². The van der Waals surface area contributed by atoms with Crippen molar-refractivity contribution in [3.8, 4) is 11.5 Å². The first-order chi connectivity index (χ1) is 15.0. The van der Waals surface area contributed by atoms with Crippen molar-refractivity contribution in [1.29, 1.82) is 0 Å². The first-order valence-corrected chi connectivity index (χ1v) is 10.5. The highest BCUT2D eigenvalue weighted by atomic mass is 79.9. The van der Waals surface area contributed by atoms with E-state index in [2.05, 4.69) is 26.5 Å². The van der Waals surface area contributed by atoms with Gasteiger partial charge >= 0.3 is 0 Å². The van der Waals surface area contributed by atoms with Gasteiger partial charge in [0.1, 0.15) is 0 Å². The molecule has 0 saturated carbocycles. The summed E-state index contributed by atoms with van der Waals surface area (Å²) in [5.74, 6) is 0.472. The van der Waals surface area contributed by atoms with Crippen molar-refractivity contribution in [2.45, 2.75) is 12.5 Å². The largest absolute Gasteiger partial charge is 0.493 e. The molecule has 0 aliphatic rings. The number of carbonyl (C=O) groups is 1. The van der Waals surface area contributed by atoms with Crippen LogP contribution in [-0.2, 0) is 10.4 Å². The highest BCUT2D eigenvalue weighted by Crippen LogP contribution is 2.33. The van der Waals surface area contributed by atoms with Crippen molar-refractivity contribution in [1.82, 2.24) is 5.43 Å². The van der Waals surface area contributed by atoms with E-state index in [-0.39, 0.29) is 0 Å². The molecule has 3 aromatic carbocycles. The summed E-state index contributed by atoms with van der Waals surface area (Å²) in [7, 11) is 1.56. The Bertz CT molecular complexity index is 1020. The van der Waals surface area contributed by atoms with Crippen LogP contribution < -0.4 is 14.9 Å². The molecule has 0 aliphatic carbocycles. The van der Waals surface area contributed by atoms with E-state index in [4.69, 9.17) is 9.47 Å². The maximum atomic E-state index is 13.1. The number of halogens is 1. The lowest BCUT2D eigenvalue weighted by atomic mass is 9.85.